The average Bonchev–Trinajstić information content (AvgIpc) is 2.70. The number of ether oxygens (including phenoxy) is 1. The van der Waals surface area contributed by atoms with Crippen molar-refractivity contribution in [3.63, 3.8) is 0 Å². The van der Waals surface area contributed by atoms with Gasteiger partial charge in [-0.25, -0.2) is 0 Å². The number of carbonyl (C=O) groups excluding carboxylic acids is 3. The van der Waals surface area contributed by atoms with E-state index < -0.39 is 12.0 Å². The molecule has 7 heteroatoms. The summed E-state index contributed by atoms with van der Waals surface area (Å²) in [5, 5.41) is 15.2. The van der Waals surface area contributed by atoms with Crippen LogP contribution in [0.5, 0.6) is 0 Å². The van der Waals surface area contributed by atoms with Crippen molar-refractivity contribution in [2.24, 2.45) is 5.92 Å². The number of nitrogens with one attached hydrogen (secondary N) is 2. The monoisotopic (exact) mass is 402 g/mol. The number of allylic oxidation sites excluding steroid dienone is 2. The summed E-state index contributed by atoms with van der Waals surface area (Å²) in [6.07, 6.45) is 5.43. The van der Waals surface area contributed by atoms with Crippen molar-refractivity contribution in [3.05, 3.63) is 48.0 Å². The summed E-state index contributed by atoms with van der Waals surface area (Å²) in [5.41, 5.74) is 1.02. The minimum absolute atomic E-state index is 0.0218. The van der Waals surface area contributed by atoms with Crippen LogP contribution in [0.2, 0.25) is 0 Å². The maximum absolute atomic E-state index is 12.6. The van der Waals surface area contributed by atoms with E-state index >= 15 is 0 Å². The molecule has 3 N–H and O–H groups in total. The van der Waals surface area contributed by atoms with Gasteiger partial charge in [0.25, 0.3) is 0 Å². The van der Waals surface area contributed by atoms with Crippen LogP contribution in [-0.2, 0) is 25.5 Å². The molecule has 0 spiro atoms. The topological polar surface area (TPSA) is 105 Å². The summed E-state index contributed by atoms with van der Waals surface area (Å²) in [4.78, 5) is 36.7. The molecular weight excluding hydrogens is 372 g/mol. The fraction of sp³-hybridized carbons (Fsp3) is 0.500. The Labute approximate surface area is 171 Å². The number of rotatable bonds is 6. The number of cyclic esters (lactones) is 1. The predicted octanol–water partition coefficient (Wildman–Crippen LogP) is 1.50. The summed E-state index contributed by atoms with van der Waals surface area (Å²) in [6.45, 7) is 1.68. The Balaban J connectivity index is 1.95. The fourth-order valence-corrected chi connectivity index (χ4v) is 3.13. The molecule has 0 unspecified atom stereocenters. The van der Waals surface area contributed by atoms with Gasteiger partial charge in [-0.3, -0.25) is 14.4 Å². The predicted molar refractivity (Wildman–Crippen MR) is 109 cm³/mol. The number of hydrogen-bond donors (Lipinski definition) is 3. The molecule has 0 saturated carbocycles. The molecule has 1 aliphatic rings. The van der Waals surface area contributed by atoms with Crippen molar-refractivity contribution in [1.29, 1.82) is 0 Å². The lowest BCUT2D eigenvalue weighted by atomic mass is 9.98. The Morgan fingerprint density at radius 1 is 1.28 bits per heavy atom. The quantitative estimate of drug-likeness (QED) is 0.494. The number of aliphatic hydroxyl groups excluding tert-OH is 1. The number of aliphatic hydroxyl groups is 1. The lowest BCUT2D eigenvalue weighted by Crippen LogP contribution is -2.44. The Bertz CT molecular complexity index is 704. The third-order valence-electron chi connectivity index (χ3n) is 4.70. The third kappa shape index (κ3) is 8.48. The first kappa shape index (κ1) is 22.6. The van der Waals surface area contributed by atoms with E-state index in [-0.39, 0.29) is 43.5 Å². The van der Waals surface area contributed by atoms with Gasteiger partial charge in [0.15, 0.2) is 0 Å². The van der Waals surface area contributed by atoms with Gasteiger partial charge in [0, 0.05) is 12.8 Å². The molecular formula is C22H30N2O5. The standard InChI is InChI=1S/C22H30N2O5/c1-16-15-29-21(27)11-7-3-6-10-18(22(28)23-16)13-20(26)24-19(14-25)12-17-8-4-2-5-9-17/h2-6,8-9,16,18-19,25H,7,10-15H2,1H3,(H,23,28)(H,24,26)/t16-,18+,19+/m0/s1. The Morgan fingerprint density at radius 2 is 2.03 bits per heavy atom. The highest BCUT2D eigenvalue weighted by atomic mass is 16.5. The molecule has 0 saturated heterocycles. The van der Waals surface area contributed by atoms with E-state index in [4.69, 9.17) is 4.74 Å². The van der Waals surface area contributed by atoms with Crippen molar-refractivity contribution >= 4 is 17.8 Å². The van der Waals surface area contributed by atoms with Gasteiger partial charge in [-0.2, -0.15) is 0 Å². The average molecular weight is 402 g/mol. The van der Waals surface area contributed by atoms with Crippen LogP contribution in [0.1, 0.15) is 38.2 Å². The molecule has 29 heavy (non-hydrogen) atoms. The van der Waals surface area contributed by atoms with Gasteiger partial charge >= 0.3 is 5.97 Å². The zero-order chi connectivity index (χ0) is 21.1. The Morgan fingerprint density at radius 3 is 2.76 bits per heavy atom. The van der Waals surface area contributed by atoms with Crippen LogP contribution in [0.15, 0.2) is 42.5 Å². The molecule has 0 aromatic heterocycles. The second-order valence-corrected chi connectivity index (χ2v) is 7.38. The molecule has 2 amide bonds. The molecule has 1 aromatic carbocycles. The van der Waals surface area contributed by atoms with E-state index in [1.165, 1.54) is 0 Å². The first-order chi connectivity index (χ1) is 14.0. The van der Waals surface area contributed by atoms with Crippen molar-refractivity contribution in [2.45, 2.75) is 51.1 Å². The summed E-state index contributed by atoms with van der Waals surface area (Å²) >= 11 is 0. The molecule has 2 rings (SSSR count). The molecule has 1 aliphatic heterocycles. The van der Waals surface area contributed by atoms with Crippen LogP contribution < -0.4 is 10.6 Å². The molecule has 3 atom stereocenters. The van der Waals surface area contributed by atoms with Crippen LogP contribution in [0.25, 0.3) is 0 Å². The largest absolute Gasteiger partial charge is 0.463 e. The molecule has 0 radical (unpaired) electrons. The van der Waals surface area contributed by atoms with E-state index in [2.05, 4.69) is 10.6 Å². The second kappa shape index (κ2) is 12.0. The highest BCUT2D eigenvalue weighted by Crippen LogP contribution is 2.13. The molecule has 7 nitrogen and oxygen atoms in total. The van der Waals surface area contributed by atoms with Crippen molar-refractivity contribution in [3.8, 4) is 0 Å². The molecule has 1 aromatic rings. The first-order valence-electron chi connectivity index (χ1n) is 10.0. The normalized spacial score (nSPS) is 21.9. The van der Waals surface area contributed by atoms with Gasteiger partial charge in [-0.1, -0.05) is 42.5 Å². The van der Waals surface area contributed by atoms with Crippen LogP contribution in [0, 0.1) is 5.92 Å². The SMILES string of the molecule is C[C@H]1COC(=O)CCC=CC[C@H](CC(=O)N[C@@H](CO)Cc2ccccc2)C(=O)N1. The lowest BCUT2D eigenvalue weighted by Gasteiger charge is -2.21. The van der Waals surface area contributed by atoms with E-state index in [0.717, 1.165) is 5.56 Å². The second-order valence-electron chi connectivity index (χ2n) is 7.38. The van der Waals surface area contributed by atoms with Gasteiger partial charge in [-0.05, 0) is 31.7 Å². The maximum atomic E-state index is 12.6. The van der Waals surface area contributed by atoms with Gasteiger partial charge in [0.2, 0.25) is 11.8 Å². The van der Waals surface area contributed by atoms with Crippen molar-refractivity contribution in [2.75, 3.05) is 13.2 Å². The number of hydrogen-bond acceptors (Lipinski definition) is 5. The molecule has 1 heterocycles. The molecule has 0 fully saturated rings. The van der Waals surface area contributed by atoms with E-state index in [9.17, 15) is 19.5 Å². The van der Waals surface area contributed by atoms with Crippen LogP contribution in [0.4, 0.5) is 0 Å². The van der Waals surface area contributed by atoms with Crippen LogP contribution >= 0.6 is 0 Å². The fourth-order valence-electron chi connectivity index (χ4n) is 3.13. The summed E-state index contributed by atoms with van der Waals surface area (Å²) in [6, 6.07) is 8.87. The van der Waals surface area contributed by atoms with Crippen molar-refractivity contribution in [1.82, 2.24) is 10.6 Å². The van der Waals surface area contributed by atoms with E-state index in [1.54, 1.807) is 6.92 Å². The highest BCUT2D eigenvalue weighted by Gasteiger charge is 2.24. The van der Waals surface area contributed by atoms with E-state index in [1.807, 2.05) is 42.5 Å². The smallest absolute Gasteiger partial charge is 0.306 e. The highest BCUT2D eigenvalue weighted by molar-refractivity contribution is 5.86. The summed E-state index contributed by atoms with van der Waals surface area (Å²) in [5.74, 6) is -1.35. The Hall–Kier alpha value is -2.67. The van der Waals surface area contributed by atoms with Crippen LogP contribution in [0.3, 0.4) is 0 Å². The first-order valence-corrected chi connectivity index (χ1v) is 10.0. The number of amides is 2. The number of esters is 1. The summed E-state index contributed by atoms with van der Waals surface area (Å²) < 4.78 is 5.12. The van der Waals surface area contributed by atoms with Gasteiger partial charge in [0.1, 0.15) is 6.61 Å². The maximum Gasteiger partial charge on any atom is 0.306 e. The van der Waals surface area contributed by atoms with Gasteiger partial charge in [0.05, 0.1) is 24.6 Å². The zero-order valence-electron chi connectivity index (χ0n) is 16.8. The zero-order valence-corrected chi connectivity index (χ0v) is 16.8. The summed E-state index contributed by atoms with van der Waals surface area (Å²) in [7, 11) is 0. The number of benzene rings is 1. The lowest BCUT2D eigenvalue weighted by molar-refractivity contribution is -0.145. The van der Waals surface area contributed by atoms with E-state index in [0.29, 0.717) is 25.7 Å². The minimum atomic E-state index is -0.528. The Kier molecular flexibility index (Phi) is 9.37. The number of carbonyl (C=O) groups is 3. The molecule has 0 bridgehead atoms. The van der Waals surface area contributed by atoms with Crippen LogP contribution in [-0.4, -0.2) is 48.2 Å². The minimum Gasteiger partial charge on any atom is -0.463 e. The van der Waals surface area contributed by atoms with Gasteiger partial charge < -0.3 is 20.5 Å². The molecule has 158 valence electrons. The molecule has 0 aliphatic carbocycles. The van der Waals surface area contributed by atoms with Crippen molar-refractivity contribution < 1.29 is 24.2 Å². The van der Waals surface area contributed by atoms with Gasteiger partial charge in [-0.15, -0.1) is 0 Å². The third-order valence-corrected chi connectivity index (χ3v) is 4.70.